The topological polar surface area (TPSA) is 49.2 Å². The number of anilines is 1. The molecule has 1 fully saturated rings. The van der Waals surface area contributed by atoms with E-state index < -0.39 is 0 Å². The lowest BCUT2D eigenvalue weighted by Gasteiger charge is -2.22. The number of rotatable bonds is 2. The maximum absolute atomic E-state index is 9.16. The zero-order valence-corrected chi connectivity index (χ0v) is 8.35. The van der Waals surface area contributed by atoms with Crippen molar-refractivity contribution in [3.63, 3.8) is 0 Å². The second kappa shape index (κ2) is 3.92. The molecule has 76 valence electrons. The summed E-state index contributed by atoms with van der Waals surface area (Å²) in [7, 11) is 0. The van der Waals surface area contributed by atoms with E-state index in [1.165, 1.54) is 0 Å². The zero-order chi connectivity index (χ0) is 9.97. The molecular formula is C10H15N3O. The molecule has 4 heteroatoms. The van der Waals surface area contributed by atoms with Crippen molar-refractivity contribution in [3.8, 4) is 0 Å². The van der Waals surface area contributed by atoms with Gasteiger partial charge in [-0.25, -0.2) is 9.97 Å². The Bertz CT molecular complexity index is 299. The van der Waals surface area contributed by atoms with Gasteiger partial charge >= 0.3 is 0 Å². The molecule has 2 rings (SSSR count). The molecule has 1 unspecified atom stereocenters. The van der Waals surface area contributed by atoms with E-state index >= 15 is 0 Å². The molecule has 14 heavy (non-hydrogen) atoms. The maximum Gasteiger partial charge on any atom is 0.225 e. The maximum atomic E-state index is 9.16. The molecule has 1 aliphatic heterocycles. The molecule has 0 radical (unpaired) electrons. The SMILES string of the molecule is Cc1cnc(N2CCCC2CO)nc1. The van der Waals surface area contributed by atoms with E-state index in [1.54, 1.807) is 0 Å². The smallest absolute Gasteiger partial charge is 0.225 e. The van der Waals surface area contributed by atoms with Crippen LogP contribution in [0.15, 0.2) is 12.4 Å². The van der Waals surface area contributed by atoms with Crippen molar-refractivity contribution >= 4 is 5.95 Å². The molecule has 2 heterocycles. The van der Waals surface area contributed by atoms with Crippen molar-refractivity contribution < 1.29 is 5.11 Å². The van der Waals surface area contributed by atoms with Gasteiger partial charge in [0.1, 0.15) is 0 Å². The number of aryl methyl sites for hydroxylation is 1. The van der Waals surface area contributed by atoms with Crippen LogP contribution >= 0.6 is 0 Å². The Hall–Kier alpha value is -1.16. The summed E-state index contributed by atoms with van der Waals surface area (Å²) < 4.78 is 0. The molecule has 0 bridgehead atoms. The van der Waals surface area contributed by atoms with Crippen LogP contribution in [0.5, 0.6) is 0 Å². The van der Waals surface area contributed by atoms with Gasteiger partial charge in [0.25, 0.3) is 0 Å². The minimum atomic E-state index is 0.192. The van der Waals surface area contributed by atoms with E-state index in [2.05, 4.69) is 14.9 Å². The molecule has 1 atom stereocenters. The average molecular weight is 193 g/mol. The minimum Gasteiger partial charge on any atom is -0.394 e. The van der Waals surface area contributed by atoms with Crippen molar-refractivity contribution in [3.05, 3.63) is 18.0 Å². The fourth-order valence-electron chi connectivity index (χ4n) is 1.82. The zero-order valence-electron chi connectivity index (χ0n) is 8.35. The Balaban J connectivity index is 2.17. The first-order valence-electron chi connectivity index (χ1n) is 4.97. The van der Waals surface area contributed by atoms with Crippen LogP contribution in [0.2, 0.25) is 0 Å². The quantitative estimate of drug-likeness (QED) is 0.753. The van der Waals surface area contributed by atoms with Crippen LogP contribution in [0, 0.1) is 6.92 Å². The Labute approximate surface area is 83.6 Å². The number of hydrogen-bond donors (Lipinski definition) is 1. The van der Waals surface area contributed by atoms with Gasteiger partial charge in [0, 0.05) is 18.9 Å². The highest BCUT2D eigenvalue weighted by Gasteiger charge is 2.25. The third-order valence-electron chi connectivity index (χ3n) is 2.61. The van der Waals surface area contributed by atoms with E-state index in [4.69, 9.17) is 5.11 Å². The molecule has 0 aliphatic carbocycles. The van der Waals surface area contributed by atoms with Gasteiger partial charge in [-0.2, -0.15) is 0 Å². The summed E-state index contributed by atoms with van der Waals surface area (Å²) in [5.74, 6) is 0.743. The van der Waals surface area contributed by atoms with Crippen molar-refractivity contribution in [2.24, 2.45) is 0 Å². The molecule has 0 aromatic carbocycles. The summed E-state index contributed by atoms with van der Waals surface area (Å²) in [6.45, 7) is 3.11. The molecule has 0 spiro atoms. The molecule has 1 aliphatic rings. The van der Waals surface area contributed by atoms with Crippen LogP contribution in [0.4, 0.5) is 5.95 Å². The van der Waals surface area contributed by atoms with Gasteiger partial charge in [0.15, 0.2) is 0 Å². The van der Waals surface area contributed by atoms with Crippen LogP contribution in [-0.2, 0) is 0 Å². The van der Waals surface area contributed by atoms with Crippen LogP contribution < -0.4 is 4.90 Å². The molecular weight excluding hydrogens is 178 g/mol. The fourth-order valence-corrected chi connectivity index (χ4v) is 1.82. The third-order valence-corrected chi connectivity index (χ3v) is 2.61. The predicted octanol–water partition coefficient (Wildman–Crippen LogP) is 0.746. The Morgan fingerprint density at radius 1 is 1.50 bits per heavy atom. The first-order valence-corrected chi connectivity index (χ1v) is 4.97. The second-order valence-electron chi connectivity index (χ2n) is 3.73. The van der Waals surface area contributed by atoms with Crippen molar-refractivity contribution in [2.75, 3.05) is 18.1 Å². The molecule has 1 aromatic rings. The lowest BCUT2D eigenvalue weighted by Crippen LogP contribution is -2.33. The second-order valence-corrected chi connectivity index (χ2v) is 3.73. The van der Waals surface area contributed by atoms with Gasteiger partial charge in [-0.05, 0) is 25.3 Å². The molecule has 1 saturated heterocycles. The van der Waals surface area contributed by atoms with Crippen molar-refractivity contribution in [1.29, 1.82) is 0 Å². The molecule has 0 amide bonds. The molecule has 0 saturated carbocycles. The van der Waals surface area contributed by atoms with E-state index in [1.807, 2.05) is 19.3 Å². The normalized spacial score (nSPS) is 21.6. The number of aromatic nitrogens is 2. The summed E-state index contributed by atoms with van der Waals surface area (Å²) in [6.07, 6.45) is 5.78. The van der Waals surface area contributed by atoms with E-state index in [-0.39, 0.29) is 12.6 Å². The van der Waals surface area contributed by atoms with Gasteiger partial charge < -0.3 is 10.0 Å². The number of hydrogen-bond acceptors (Lipinski definition) is 4. The first kappa shape index (κ1) is 9.40. The minimum absolute atomic E-state index is 0.192. The summed E-state index contributed by atoms with van der Waals surface area (Å²) in [6, 6.07) is 0.206. The van der Waals surface area contributed by atoms with Gasteiger partial charge in [-0.1, -0.05) is 0 Å². The lowest BCUT2D eigenvalue weighted by atomic mass is 10.2. The van der Waals surface area contributed by atoms with E-state index in [9.17, 15) is 0 Å². The van der Waals surface area contributed by atoms with Crippen LogP contribution in [0.3, 0.4) is 0 Å². The Kier molecular flexibility index (Phi) is 2.63. The summed E-state index contributed by atoms with van der Waals surface area (Å²) in [5, 5.41) is 9.16. The van der Waals surface area contributed by atoms with Crippen LogP contribution in [0.25, 0.3) is 0 Å². The Morgan fingerprint density at radius 2 is 2.21 bits per heavy atom. The van der Waals surface area contributed by atoms with Crippen LogP contribution in [-0.4, -0.2) is 34.3 Å². The number of aliphatic hydroxyl groups excluding tert-OH is 1. The third kappa shape index (κ3) is 1.70. The molecule has 1 N–H and O–H groups in total. The van der Waals surface area contributed by atoms with E-state index in [0.29, 0.717) is 0 Å². The summed E-state index contributed by atoms with van der Waals surface area (Å²) in [5.41, 5.74) is 1.06. The van der Waals surface area contributed by atoms with Gasteiger partial charge in [0.2, 0.25) is 5.95 Å². The molecule has 1 aromatic heterocycles. The highest BCUT2D eigenvalue weighted by atomic mass is 16.3. The monoisotopic (exact) mass is 193 g/mol. The first-order chi connectivity index (χ1) is 6.81. The van der Waals surface area contributed by atoms with Crippen molar-refractivity contribution in [1.82, 2.24) is 9.97 Å². The highest BCUT2D eigenvalue weighted by molar-refractivity contribution is 5.33. The van der Waals surface area contributed by atoms with Crippen molar-refractivity contribution in [2.45, 2.75) is 25.8 Å². The molecule has 4 nitrogen and oxygen atoms in total. The van der Waals surface area contributed by atoms with E-state index in [0.717, 1.165) is 30.9 Å². The standard InChI is InChI=1S/C10H15N3O/c1-8-5-11-10(12-6-8)13-4-2-3-9(13)7-14/h5-6,9,14H,2-4,7H2,1H3. The van der Waals surface area contributed by atoms with Gasteiger partial charge in [-0.15, -0.1) is 0 Å². The fraction of sp³-hybridized carbons (Fsp3) is 0.600. The summed E-state index contributed by atoms with van der Waals surface area (Å²) >= 11 is 0. The average Bonchev–Trinajstić information content (AvgIpc) is 2.67. The predicted molar refractivity (Wildman–Crippen MR) is 54.2 cm³/mol. The highest BCUT2D eigenvalue weighted by Crippen LogP contribution is 2.21. The number of nitrogens with zero attached hydrogens (tertiary/aromatic N) is 3. The lowest BCUT2D eigenvalue weighted by molar-refractivity contribution is 0.265. The Morgan fingerprint density at radius 3 is 2.86 bits per heavy atom. The van der Waals surface area contributed by atoms with Crippen LogP contribution in [0.1, 0.15) is 18.4 Å². The largest absolute Gasteiger partial charge is 0.394 e. The van der Waals surface area contributed by atoms with Gasteiger partial charge in [0.05, 0.1) is 12.6 Å². The number of aliphatic hydroxyl groups is 1. The summed E-state index contributed by atoms with van der Waals surface area (Å²) in [4.78, 5) is 10.6. The van der Waals surface area contributed by atoms with Gasteiger partial charge in [-0.3, -0.25) is 0 Å².